The average molecular weight is 399 g/mol. The molecule has 28 heavy (non-hydrogen) atoms. The average Bonchev–Trinajstić information content (AvgIpc) is 3.20. The number of carbonyl (C=O) groups excluding carboxylic acids is 2. The van der Waals surface area contributed by atoms with Crippen LogP contribution in [-0.2, 0) is 4.79 Å². The van der Waals surface area contributed by atoms with Crippen molar-refractivity contribution in [2.75, 3.05) is 5.75 Å². The van der Waals surface area contributed by atoms with E-state index in [1.165, 1.54) is 24.3 Å². The minimum absolute atomic E-state index is 0.0586. The molecule has 0 fully saturated rings. The second-order valence-electron chi connectivity index (χ2n) is 5.33. The number of non-ortho nitro benzene ring substituents is 1. The molecule has 0 aliphatic rings. The number of nitrogens with one attached hydrogen (secondary N) is 2. The number of hydrogen-bond acceptors (Lipinski definition) is 8. The number of nitro groups is 1. The van der Waals surface area contributed by atoms with Crippen molar-refractivity contribution in [1.82, 2.24) is 21.0 Å². The number of rotatable bonds is 6. The van der Waals surface area contributed by atoms with Crippen LogP contribution in [0.25, 0.3) is 11.5 Å². The van der Waals surface area contributed by atoms with Crippen LogP contribution in [-0.4, -0.2) is 32.7 Å². The minimum Gasteiger partial charge on any atom is -0.411 e. The molecule has 2 N–H and O–H groups in total. The summed E-state index contributed by atoms with van der Waals surface area (Å²) in [5, 5.41) is 18.6. The predicted molar refractivity (Wildman–Crippen MR) is 99.2 cm³/mol. The van der Waals surface area contributed by atoms with Crippen LogP contribution in [0.15, 0.2) is 64.2 Å². The summed E-state index contributed by atoms with van der Waals surface area (Å²) in [5.41, 5.74) is 5.27. The molecule has 1 aromatic heterocycles. The smallest absolute Gasteiger partial charge is 0.277 e. The van der Waals surface area contributed by atoms with Gasteiger partial charge in [-0.2, -0.15) is 0 Å². The zero-order valence-electron chi connectivity index (χ0n) is 14.2. The van der Waals surface area contributed by atoms with E-state index in [1.54, 1.807) is 0 Å². The van der Waals surface area contributed by atoms with Crippen LogP contribution in [0.3, 0.4) is 0 Å². The van der Waals surface area contributed by atoms with Crippen molar-refractivity contribution in [2.45, 2.75) is 5.22 Å². The Kier molecular flexibility index (Phi) is 5.97. The molecule has 0 bridgehead atoms. The Bertz CT molecular complexity index is 991. The zero-order valence-corrected chi connectivity index (χ0v) is 15.0. The first-order valence-corrected chi connectivity index (χ1v) is 8.87. The highest BCUT2D eigenvalue weighted by molar-refractivity contribution is 7.99. The number of hydrazine groups is 1. The molecule has 0 saturated carbocycles. The van der Waals surface area contributed by atoms with E-state index >= 15 is 0 Å². The lowest BCUT2D eigenvalue weighted by Crippen LogP contribution is -2.42. The summed E-state index contributed by atoms with van der Waals surface area (Å²) in [6, 6.07) is 14.2. The third-order valence-corrected chi connectivity index (χ3v) is 4.23. The zero-order chi connectivity index (χ0) is 19.9. The fourth-order valence-electron chi connectivity index (χ4n) is 2.06. The minimum atomic E-state index is -0.600. The van der Waals surface area contributed by atoms with E-state index < -0.39 is 16.7 Å². The Morgan fingerprint density at radius 1 is 1.04 bits per heavy atom. The second kappa shape index (κ2) is 8.77. The van der Waals surface area contributed by atoms with Gasteiger partial charge in [0.05, 0.1) is 10.7 Å². The number of aromatic nitrogens is 2. The monoisotopic (exact) mass is 399 g/mol. The van der Waals surface area contributed by atoms with Gasteiger partial charge in [-0.25, -0.2) is 0 Å². The van der Waals surface area contributed by atoms with Crippen LogP contribution in [0.4, 0.5) is 5.69 Å². The molecule has 3 rings (SSSR count). The van der Waals surface area contributed by atoms with Crippen molar-refractivity contribution in [1.29, 1.82) is 0 Å². The topological polar surface area (TPSA) is 140 Å². The molecule has 0 saturated heterocycles. The molecule has 0 unspecified atom stereocenters. The fraction of sp³-hybridized carbons (Fsp3) is 0.0588. The molecule has 2 aromatic carbocycles. The van der Waals surface area contributed by atoms with Gasteiger partial charge in [0.15, 0.2) is 0 Å². The molecular weight excluding hydrogens is 386 g/mol. The summed E-state index contributed by atoms with van der Waals surface area (Å²) < 4.78 is 5.46. The molecule has 0 aliphatic carbocycles. The summed E-state index contributed by atoms with van der Waals surface area (Å²) in [5.74, 6) is -0.802. The maximum absolute atomic E-state index is 11.9. The Labute approximate surface area is 162 Å². The Morgan fingerprint density at radius 3 is 2.43 bits per heavy atom. The molecule has 1 heterocycles. The Hall–Kier alpha value is -3.73. The van der Waals surface area contributed by atoms with Crippen molar-refractivity contribution < 1.29 is 18.9 Å². The quantitative estimate of drug-likeness (QED) is 0.365. The van der Waals surface area contributed by atoms with Gasteiger partial charge in [0.1, 0.15) is 0 Å². The number of nitro benzene ring substituents is 1. The third-order valence-electron chi connectivity index (χ3n) is 3.41. The van der Waals surface area contributed by atoms with Crippen LogP contribution in [0.5, 0.6) is 0 Å². The lowest BCUT2D eigenvalue weighted by Gasteiger charge is -2.06. The van der Waals surface area contributed by atoms with E-state index in [0.717, 1.165) is 17.3 Å². The fourth-order valence-corrected chi connectivity index (χ4v) is 2.63. The molecule has 3 aromatic rings. The van der Waals surface area contributed by atoms with Crippen molar-refractivity contribution in [3.63, 3.8) is 0 Å². The largest absolute Gasteiger partial charge is 0.411 e. The van der Waals surface area contributed by atoms with Crippen LogP contribution in [0.1, 0.15) is 10.4 Å². The number of carbonyl (C=O) groups is 2. The van der Waals surface area contributed by atoms with Gasteiger partial charge in [0.2, 0.25) is 11.8 Å². The van der Waals surface area contributed by atoms with Gasteiger partial charge >= 0.3 is 0 Å². The molecule has 11 heteroatoms. The number of amides is 2. The number of benzene rings is 2. The maximum atomic E-state index is 11.9. The Morgan fingerprint density at radius 2 is 1.75 bits per heavy atom. The normalized spacial score (nSPS) is 10.3. The molecule has 0 radical (unpaired) electrons. The highest BCUT2D eigenvalue weighted by Crippen LogP contribution is 2.22. The highest BCUT2D eigenvalue weighted by Gasteiger charge is 2.13. The first-order valence-electron chi connectivity index (χ1n) is 7.88. The van der Waals surface area contributed by atoms with Gasteiger partial charge in [-0.15, -0.1) is 10.2 Å². The number of thioether (sulfide) groups is 1. The van der Waals surface area contributed by atoms with Gasteiger partial charge < -0.3 is 4.42 Å². The van der Waals surface area contributed by atoms with E-state index in [0.29, 0.717) is 5.89 Å². The van der Waals surface area contributed by atoms with E-state index in [-0.39, 0.29) is 22.2 Å². The first-order chi connectivity index (χ1) is 13.5. The summed E-state index contributed by atoms with van der Waals surface area (Å²) in [6.45, 7) is 0. The van der Waals surface area contributed by atoms with Crippen LogP contribution in [0.2, 0.25) is 0 Å². The molecule has 2 amide bonds. The van der Waals surface area contributed by atoms with Crippen molar-refractivity contribution in [2.24, 2.45) is 0 Å². The van der Waals surface area contributed by atoms with Gasteiger partial charge in [0, 0.05) is 23.3 Å². The van der Waals surface area contributed by atoms with Crippen molar-refractivity contribution in [3.8, 4) is 11.5 Å². The highest BCUT2D eigenvalue weighted by atomic mass is 32.2. The standard InChI is InChI=1S/C17H13N5O5S/c23-14(18-19-15(24)11-6-8-13(9-7-11)22(25)26)10-28-17-21-20-16(27-17)12-4-2-1-3-5-12/h1-9H,10H2,(H,18,23)(H,19,24). The van der Waals surface area contributed by atoms with E-state index in [9.17, 15) is 19.7 Å². The van der Waals surface area contributed by atoms with Gasteiger partial charge in [-0.3, -0.25) is 30.6 Å². The van der Waals surface area contributed by atoms with Gasteiger partial charge in [-0.05, 0) is 24.3 Å². The summed E-state index contributed by atoms with van der Waals surface area (Å²) in [6.07, 6.45) is 0. The lowest BCUT2D eigenvalue weighted by molar-refractivity contribution is -0.384. The lowest BCUT2D eigenvalue weighted by atomic mass is 10.2. The third kappa shape index (κ3) is 4.92. The summed E-state index contributed by atoms with van der Waals surface area (Å²) in [4.78, 5) is 33.8. The molecule has 10 nitrogen and oxygen atoms in total. The van der Waals surface area contributed by atoms with Gasteiger partial charge in [-0.1, -0.05) is 30.0 Å². The van der Waals surface area contributed by atoms with Crippen molar-refractivity contribution >= 4 is 29.3 Å². The summed E-state index contributed by atoms with van der Waals surface area (Å²) in [7, 11) is 0. The SMILES string of the molecule is O=C(CSc1nnc(-c2ccccc2)o1)NNC(=O)c1ccc([N+](=O)[O-])cc1. The number of nitrogens with zero attached hydrogens (tertiary/aromatic N) is 3. The van der Waals surface area contributed by atoms with Crippen molar-refractivity contribution in [3.05, 3.63) is 70.3 Å². The van der Waals surface area contributed by atoms with E-state index in [1.807, 2.05) is 30.3 Å². The maximum Gasteiger partial charge on any atom is 0.277 e. The van der Waals surface area contributed by atoms with E-state index in [4.69, 9.17) is 4.42 Å². The molecule has 0 spiro atoms. The van der Waals surface area contributed by atoms with Crippen LogP contribution in [0, 0.1) is 10.1 Å². The molecule has 142 valence electrons. The molecule has 0 aliphatic heterocycles. The Balaban J connectivity index is 1.46. The van der Waals surface area contributed by atoms with Crippen LogP contribution < -0.4 is 10.9 Å². The second-order valence-corrected chi connectivity index (χ2v) is 6.26. The molecule has 0 atom stereocenters. The number of hydrogen-bond donors (Lipinski definition) is 2. The first kappa shape index (κ1) is 19.0. The van der Waals surface area contributed by atoms with Gasteiger partial charge in [0.25, 0.3) is 16.8 Å². The molecular formula is C17H13N5O5S. The summed E-state index contributed by atoms with van der Waals surface area (Å²) >= 11 is 1.02. The van der Waals surface area contributed by atoms with Crippen LogP contribution >= 0.6 is 11.8 Å². The predicted octanol–water partition coefficient (Wildman–Crippen LogP) is 2.20. The van der Waals surface area contributed by atoms with E-state index in [2.05, 4.69) is 21.0 Å².